The number of hydrogen-bond donors (Lipinski definition) is 0. The first-order valence-corrected chi connectivity index (χ1v) is 7.12. The average molecular weight is 272 g/mol. The van der Waals surface area contributed by atoms with Crippen molar-refractivity contribution < 1.29 is 19.1 Å². The molecule has 2 aliphatic heterocycles. The summed E-state index contributed by atoms with van der Waals surface area (Å²) >= 11 is 0. The second-order valence-electron chi connectivity index (χ2n) is 6.05. The van der Waals surface area contributed by atoms with Crippen molar-refractivity contribution in [2.45, 2.75) is 38.1 Å². The zero-order chi connectivity index (χ0) is 13.9. The van der Waals surface area contributed by atoms with E-state index in [4.69, 9.17) is 9.47 Å². The molecule has 4 heteroatoms. The molecule has 20 heavy (non-hydrogen) atoms. The highest BCUT2D eigenvalue weighted by atomic mass is 16.7. The maximum atomic E-state index is 12.8. The van der Waals surface area contributed by atoms with E-state index in [0.717, 1.165) is 24.8 Å². The molecular weight excluding hydrogens is 256 g/mol. The number of carbonyl (C=O) groups excluding carboxylic acids is 2. The monoisotopic (exact) mass is 272 g/mol. The fourth-order valence-corrected chi connectivity index (χ4v) is 3.78. The van der Waals surface area contributed by atoms with E-state index in [2.05, 4.69) is 0 Å². The second-order valence-corrected chi connectivity index (χ2v) is 6.05. The van der Waals surface area contributed by atoms with E-state index in [0.29, 0.717) is 5.56 Å². The highest BCUT2D eigenvalue weighted by Gasteiger charge is 2.67. The highest BCUT2D eigenvalue weighted by molar-refractivity contribution is 6.04. The molecule has 1 aromatic rings. The van der Waals surface area contributed by atoms with Crippen LogP contribution in [0.15, 0.2) is 24.3 Å². The lowest BCUT2D eigenvalue weighted by Crippen LogP contribution is -2.43. The summed E-state index contributed by atoms with van der Waals surface area (Å²) < 4.78 is 11.3. The van der Waals surface area contributed by atoms with Gasteiger partial charge in [-0.15, -0.1) is 0 Å². The minimum atomic E-state index is -1.35. The van der Waals surface area contributed by atoms with Gasteiger partial charge < -0.3 is 9.47 Å². The molecule has 4 rings (SSSR count). The first-order chi connectivity index (χ1) is 9.60. The van der Waals surface area contributed by atoms with Gasteiger partial charge in [-0.2, -0.15) is 0 Å². The predicted molar refractivity (Wildman–Crippen MR) is 70.0 cm³/mol. The molecule has 2 heterocycles. The quantitative estimate of drug-likeness (QED) is 0.612. The number of ketones is 1. The van der Waals surface area contributed by atoms with Crippen LogP contribution in [0.25, 0.3) is 0 Å². The molecule has 4 unspecified atom stereocenters. The van der Waals surface area contributed by atoms with Gasteiger partial charge in [0.1, 0.15) is 0 Å². The van der Waals surface area contributed by atoms with Crippen LogP contribution >= 0.6 is 0 Å². The first kappa shape index (κ1) is 12.1. The van der Waals surface area contributed by atoms with Gasteiger partial charge in [0.2, 0.25) is 5.78 Å². The van der Waals surface area contributed by atoms with E-state index in [1.807, 2.05) is 19.1 Å². The Hall–Kier alpha value is -1.68. The van der Waals surface area contributed by atoms with E-state index in [1.54, 1.807) is 12.1 Å². The lowest BCUT2D eigenvalue weighted by Gasteiger charge is -2.25. The molecule has 0 radical (unpaired) electrons. The van der Waals surface area contributed by atoms with Crippen molar-refractivity contribution >= 4 is 11.8 Å². The Bertz CT molecular complexity index is 591. The maximum absolute atomic E-state index is 12.8. The van der Waals surface area contributed by atoms with Crippen LogP contribution in [0, 0.1) is 18.8 Å². The van der Waals surface area contributed by atoms with E-state index in [1.165, 1.54) is 0 Å². The van der Waals surface area contributed by atoms with E-state index in [-0.39, 0.29) is 29.7 Å². The molecule has 0 amide bonds. The first-order valence-electron chi connectivity index (χ1n) is 7.12. The van der Waals surface area contributed by atoms with Gasteiger partial charge in [0, 0.05) is 11.5 Å². The van der Waals surface area contributed by atoms with Crippen LogP contribution in [0.5, 0.6) is 0 Å². The lowest BCUT2D eigenvalue weighted by molar-refractivity contribution is -0.193. The number of benzene rings is 1. The number of Topliss-reactive ketones (excluding diaryl/α,β-unsaturated/α-hetero) is 1. The Morgan fingerprint density at radius 2 is 2.00 bits per heavy atom. The number of hydrogen-bond acceptors (Lipinski definition) is 4. The SMILES string of the molecule is Cc1ccc(C(=O)C23OC(=O)C4CCC(CC42)O3)cc1. The summed E-state index contributed by atoms with van der Waals surface area (Å²) in [7, 11) is 0. The molecule has 1 aliphatic carbocycles. The Kier molecular flexibility index (Phi) is 2.37. The normalized spacial score (nSPS) is 37.9. The van der Waals surface area contributed by atoms with Crippen molar-refractivity contribution in [2.24, 2.45) is 11.8 Å². The van der Waals surface area contributed by atoms with Gasteiger partial charge in [-0.25, -0.2) is 0 Å². The van der Waals surface area contributed by atoms with Gasteiger partial charge >= 0.3 is 5.97 Å². The Balaban J connectivity index is 1.75. The smallest absolute Gasteiger partial charge is 0.312 e. The van der Waals surface area contributed by atoms with Crippen LogP contribution in [0.4, 0.5) is 0 Å². The second kappa shape index (κ2) is 3.92. The fourth-order valence-electron chi connectivity index (χ4n) is 3.78. The van der Waals surface area contributed by atoms with Crippen LogP contribution < -0.4 is 0 Å². The molecular formula is C16H16O4. The van der Waals surface area contributed by atoms with Crippen LogP contribution in [0.1, 0.15) is 35.2 Å². The summed E-state index contributed by atoms with van der Waals surface area (Å²) in [5.74, 6) is -2.10. The molecule has 0 spiro atoms. The molecule has 1 aromatic carbocycles. The number of fused-ring (bicyclic) bond motifs is 1. The third kappa shape index (κ3) is 1.45. The van der Waals surface area contributed by atoms with Crippen molar-refractivity contribution in [3.05, 3.63) is 35.4 Å². The molecule has 0 N–H and O–H groups in total. The van der Waals surface area contributed by atoms with Crippen molar-refractivity contribution in [3.63, 3.8) is 0 Å². The van der Waals surface area contributed by atoms with Gasteiger partial charge in [0.25, 0.3) is 5.79 Å². The molecule has 4 nitrogen and oxygen atoms in total. The highest BCUT2D eigenvalue weighted by Crippen LogP contribution is 2.54. The van der Waals surface area contributed by atoms with Gasteiger partial charge in [0.15, 0.2) is 0 Å². The summed E-state index contributed by atoms with van der Waals surface area (Å²) in [6.07, 6.45) is 2.43. The molecule has 104 valence electrons. The average Bonchev–Trinajstić information content (AvgIpc) is 2.86. The summed E-state index contributed by atoms with van der Waals surface area (Å²) in [6, 6.07) is 7.33. The Morgan fingerprint density at radius 3 is 2.75 bits per heavy atom. The fraction of sp³-hybridized carbons (Fsp3) is 0.500. The molecule has 2 saturated heterocycles. The number of aryl methyl sites for hydroxylation is 1. The Morgan fingerprint density at radius 1 is 1.25 bits per heavy atom. The van der Waals surface area contributed by atoms with Gasteiger partial charge in [-0.3, -0.25) is 9.59 Å². The lowest BCUT2D eigenvalue weighted by atomic mass is 9.76. The number of ether oxygens (including phenoxy) is 2. The third-order valence-corrected chi connectivity index (χ3v) is 4.82. The standard InChI is InChI=1S/C16H16O4/c1-9-2-4-10(5-3-9)14(17)16-13-8-11(19-16)6-7-12(13)15(18)20-16/h2-5,11-13H,6-8H2,1H3. The molecule has 3 aliphatic rings. The summed E-state index contributed by atoms with van der Waals surface area (Å²) in [6.45, 7) is 1.97. The molecule has 4 atom stereocenters. The minimum absolute atomic E-state index is 0.0544. The summed E-state index contributed by atoms with van der Waals surface area (Å²) in [5, 5.41) is 0. The van der Waals surface area contributed by atoms with E-state index in [9.17, 15) is 9.59 Å². The van der Waals surface area contributed by atoms with Crippen molar-refractivity contribution in [3.8, 4) is 0 Å². The zero-order valence-corrected chi connectivity index (χ0v) is 11.3. The molecule has 1 saturated carbocycles. The van der Waals surface area contributed by atoms with Gasteiger partial charge in [-0.05, 0) is 26.2 Å². The van der Waals surface area contributed by atoms with E-state index < -0.39 is 5.79 Å². The largest absolute Gasteiger partial charge is 0.424 e. The summed E-state index contributed by atoms with van der Waals surface area (Å²) in [5.41, 5.74) is 1.64. The predicted octanol–water partition coefficient (Wildman–Crippen LogP) is 2.25. The van der Waals surface area contributed by atoms with Crippen LogP contribution in [0.3, 0.4) is 0 Å². The molecule has 3 fully saturated rings. The van der Waals surface area contributed by atoms with Gasteiger partial charge in [-0.1, -0.05) is 29.8 Å². The topological polar surface area (TPSA) is 52.6 Å². The summed E-state index contributed by atoms with van der Waals surface area (Å²) in [4.78, 5) is 24.8. The third-order valence-electron chi connectivity index (χ3n) is 4.82. The molecule has 0 aromatic heterocycles. The van der Waals surface area contributed by atoms with Crippen molar-refractivity contribution in [2.75, 3.05) is 0 Å². The Labute approximate surface area is 117 Å². The van der Waals surface area contributed by atoms with Crippen molar-refractivity contribution in [1.82, 2.24) is 0 Å². The van der Waals surface area contributed by atoms with Gasteiger partial charge in [0.05, 0.1) is 12.0 Å². The molecule has 2 bridgehead atoms. The maximum Gasteiger partial charge on any atom is 0.312 e. The number of carbonyl (C=O) groups is 2. The number of esters is 1. The van der Waals surface area contributed by atoms with Crippen LogP contribution in [0.2, 0.25) is 0 Å². The minimum Gasteiger partial charge on any atom is -0.424 e. The van der Waals surface area contributed by atoms with Crippen molar-refractivity contribution in [1.29, 1.82) is 0 Å². The van der Waals surface area contributed by atoms with Crippen LogP contribution in [-0.4, -0.2) is 23.6 Å². The van der Waals surface area contributed by atoms with Crippen LogP contribution in [-0.2, 0) is 14.3 Å². The zero-order valence-electron chi connectivity index (χ0n) is 11.3. The number of rotatable bonds is 2. The van der Waals surface area contributed by atoms with E-state index >= 15 is 0 Å².